The predicted octanol–water partition coefficient (Wildman–Crippen LogP) is 4.43. The fraction of sp³-hybridized carbons (Fsp3) is 0.333. The second kappa shape index (κ2) is 3.82. The normalized spacial score (nSPS) is 16.4. The first-order valence-electron chi connectivity index (χ1n) is 6.13. The first-order chi connectivity index (χ1) is 7.86. The molecule has 1 aromatic carbocycles. The second-order valence-corrected chi connectivity index (χ2v) is 4.65. The maximum Gasteiger partial charge on any atom is 0.0462 e. The van der Waals surface area contributed by atoms with Gasteiger partial charge in [0, 0.05) is 22.2 Å². The van der Waals surface area contributed by atoms with Gasteiger partial charge in [-0.25, -0.2) is 0 Å². The van der Waals surface area contributed by atoms with Gasteiger partial charge in [-0.2, -0.15) is 0 Å². The number of nitrogens with one attached hydrogen (secondary N) is 1. The summed E-state index contributed by atoms with van der Waals surface area (Å²) >= 11 is 0. The van der Waals surface area contributed by atoms with E-state index < -0.39 is 0 Å². The van der Waals surface area contributed by atoms with Gasteiger partial charge in [0.15, 0.2) is 0 Å². The van der Waals surface area contributed by atoms with Crippen LogP contribution in [0.15, 0.2) is 30.3 Å². The van der Waals surface area contributed by atoms with Crippen molar-refractivity contribution in [1.82, 2.24) is 4.98 Å². The van der Waals surface area contributed by atoms with Gasteiger partial charge in [0.25, 0.3) is 0 Å². The van der Waals surface area contributed by atoms with Crippen LogP contribution in [0.3, 0.4) is 0 Å². The number of hydrogen-bond donors (Lipinski definition) is 1. The summed E-state index contributed by atoms with van der Waals surface area (Å²) in [6, 6.07) is 8.61. The number of aryl methyl sites for hydroxylation is 1. The number of aromatic amines is 1. The van der Waals surface area contributed by atoms with Crippen molar-refractivity contribution < 1.29 is 0 Å². The Labute approximate surface area is 96.2 Å². The van der Waals surface area contributed by atoms with E-state index >= 15 is 0 Å². The minimum absolute atomic E-state index is 1.24. The quantitative estimate of drug-likeness (QED) is 0.718. The maximum absolute atomic E-state index is 3.48. The van der Waals surface area contributed by atoms with E-state index in [0.717, 1.165) is 0 Å². The van der Waals surface area contributed by atoms with Crippen molar-refractivity contribution in [2.24, 2.45) is 0 Å². The Hall–Kier alpha value is -1.50. The molecule has 0 saturated heterocycles. The average Bonchev–Trinajstić information content (AvgIpc) is 2.66. The number of rotatable bonds is 1. The molecule has 0 unspecified atom stereocenters. The molecule has 1 aliphatic rings. The number of H-pyrrole nitrogens is 1. The van der Waals surface area contributed by atoms with Crippen LogP contribution in [0.2, 0.25) is 0 Å². The standard InChI is InChI=1S/C15H17N/c1-11-15(12-7-3-2-4-8-12)13-9-5-6-10-14(13)16-11/h5-7,9-10,16H,2-4,8H2,1H3. The maximum atomic E-state index is 3.48. The highest BCUT2D eigenvalue weighted by atomic mass is 14.7. The molecule has 1 heteroatoms. The number of para-hydroxylation sites is 1. The number of allylic oxidation sites excluding steroid dienone is 2. The van der Waals surface area contributed by atoms with E-state index in [1.807, 2.05) is 0 Å². The second-order valence-electron chi connectivity index (χ2n) is 4.65. The Kier molecular flexibility index (Phi) is 2.32. The molecule has 16 heavy (non-hydrogen) atoms. The molecule has 3 rings (SSSR count). The van der Waals surface area contributed by atoms with Crippen molar-refractivity contribution in [3.8, 4) is 0 Å². The molecular formula is C15H17N. The third-order valence-electron chi connectivity index (χ3n) is 3.51. The highest BCUT2D eigenvalue weighted by molar-refractivity contribution is 5.94. The Morgan fingerprint density at radius 3 is 2.81 bits per heavy atom. The Morgan fingerprint density at radius 2 is 2.00 bits per heavy atom. The van der Waals surface area contributed by atoms with Gasteiger partial charge in [0.05, 0.1) is 0 Å². The Bertz CT molecular complexity index is 546. The van der Waals surface area contributed by atoms with Crippen LogP contribution in [0, 0.1) is 6.92 Å². The SMILES string of the molecule is Cc1[nH]c2ccccc2c1C1=CCCCC1. The molecule has 0 spiro atoms. The number of fused-ring (bicyclic) bond motifs is 1. The molecule has 1 nitrogen and oxygen atoms in total. The smallest absolute Gasteiger partial charge is 0.0462 e. The number of aromatic nitrogens is 1. The minimum Gasteiger partial charge on any atom is -0.358 e. The van der Waals surface area contributed by atoms with Crippen LogP contribution in [-0.2, 0) is 0 Å². The van der Waals surface area contributed by atoms with Gasteiger partial charge >= 0.3 is 0 Å². The van der Waals surface area contributed by atoms with E-state index in [4.69, 9.17) is 0 Å². The van der Waals surface area contributed by atoms with Crippen LogP contribution in [-0.4, -0.2) is 4.98 Å². The minimum atomic E-state index is 1.24. The molecule has 82 valence electrons. The lowest BCUT2D eigenvalue weighted by Gasteiger charge is -2.13. The molecule has 0 bridgehead atoms. The summed E-state index contributed by atoms with van der Waals surface area (Å²) in [4.78, 5) is 3.48. The third-order valence-corrected chi connectivity index (χ3v) is 3.51. The van der Waals surface area contributed by atoms with E-state index in [1.54, 1.807) is 5.57 Å². The number of hydrogen-bond acceptors (Lipinski definition) is 0. The first kappa shape index (κ1) is 9.71. The molecule has 0 saturated carbocycles. The zero-order chi connectivity index (χ0) is 11.0. The van der Waals surface area contributed by atoms with E-state index in [2.05, 4.69) is 42.2 Å². The van der Waals surface area contributed by atoms with Gasteiger partial charge in [-0.1, -0.05) is 24.3 Å². The molecule has 2 aromatic rings. The van der Waals surface area contributed by atoms with Crippen molar-refractivity contribution >= 4 is 16.5 Å². The van der Waals surface area contributed by atoms with Crippen LogP contribution in [0.5, 0.6) is 0 Å². The molecule has 0 fully saturated rings. The summed E-state index contributed by atoms with van der Waals surface area (Å²) in [6.45, 7) is 2.19. The molecular weight excluding hydrogens is 194 g/mol. The van der Waals surface area contributed by atoms with Gasteiger partial charge in [-0.05, 0) is 44.2 Å². The summed E-state index contributed by atoms with van der Waals surface area (Å²) in [5, 5.41) is 1.38. The topological polar surface area (TPSA) is 15.8 Å². The van der Waals surface area contributed by atoms with Crippen LogP contribution >= 0.6 is 0 Å². The molecule has 1 N–H and O–H groups in total. The third kappa shape index (κ3) is 1.47. The highest BCUT2D eigenvalue weighted by Gasteiger charge is 2.13. The summed E-state index contributed by atoms with van der Waals surface area (Å²) in [7, 11) is 0. The lowest BCUT2D eigenvalue weighted by molar-refractivity contribution is 0.742. The average molecular weight is 211 g/mol. The molecule has 1 heterocycles. The molecule has 0 aliphatic heterocycles. The Balaban J connectivity index is 2.21. The molecule has 0 amide bonds. The highest BCUT2D eigenvalue weighted by Crippen LogP contribution is 2.34. The zero-order valence-corrected chi connectivity index (χ0v) is 9.72. The van der Waals surface area contributed by atoms with Crippen LogP contribution in [0.4, 0.5) is 0 Å². The fourth-order valence-corrected chi connectivity index (χ4v) is 2.76. The van der Waals surface area contributed by atoms with Crippen molar-refractivity contribution in [3.63, 3.8) is 0 Å². The van der Waals surface area contributed by atoms with Gasteiger partial charge in [0.2, 0.25) is 0 Å². The lowest BCUT2D eigenvalue weighted by atomic mass is 9.92. The van der Waals surface area contributed by atoms with E-state index in [0.29, 0.717) is 0 Å². The van der Waals surface area contributed by atoms with Crippen LogP contribution < -0.4 is 0 Å². The summed E-state index contributed by atoms with van der Waals surface area (Å²) in [6.07, 6.45) is 7.60. The van der Waals surface area contributed by atoms with Gasteiger partial charge in [0.1, 0.15) is 0 Å². The summed E-state index contributed by atoms with van der Waals surface area (Å²) < 4.78 is 0. The van der Waals surface area contributed by atoms with E-state index in [9.17, 15) is 0 Å². The molecule has 1 aliphatic carbocycles. The molecule has 0 radical (unpaired) electrons. The monoisotopic (exact) mass is 211 g/mol. The zero-order valence-electron chi connectivity index (χ0n) is 9.72. The first-order valence-corrected chi connectivity index (χ1v) is 6.13. The van der Waals surface area contributed by atoms with E-state index in [-0.39, 0.29) is 0 Å². The Morgan fingerprint density at radius 1 is 1.12 bits per heavy atom. The van der Waals surface area contributed by atoms with Crippen molar-refractivity contribution in [3.05, 3.63) is 41.6 Å². The van der Waals surface area contributed by atoms with Gasteiger partial charge < -0.3 is 4.98 Å². The van der Waals surface area contributed by atoms with Crippen molar-refractivity contribution in [2.75, 3.05) is 0 Å². The van der Waals surface area contributed by atoms with Crippen LogP contribution in [0.1, 0.15) is 36.9 Å². The molecule has 0 atom stereocenters. The predicted molar refractivity (Wildman–Crippen MR) is 69.5 cm³/mol. The fourth-order valence-electron chi connectivity index (χ4n) is 2.76. The lowest BCUT2D eigenvalue weighted by Crippen LogP contribution is -1.92. The van der Waals surface area contributed by atoms with Crippen molar-refractivity contribution in [2.45, 2.75) is 32.6 Å². The van der Waals surface area contributed by atoms with Crippen LogP contribution in [0.25, 0.3) is 16.5 Å². The molecule has 1 aromatic heterocycles. The largest absolute Gasteiger partial charge is 0.358 e. The van der Waals surface area contributed by atoms with Gasteiger partial charge in [-0.15, -0.1) is 0 Å². The van der Waals surface area contributed by atoms with Crippen molar-refractivity contribution in [1.29, 1.82) is 0 Å². The van der Waals surface area contributed by atoms with Gasteiger partial charge in [-0.3, -0.25) is 0 Å². The summed E-state index contributed by atoms with van der Waals surface area (Å²) in [5.74, 6) is 0. The number of benzene rings is 1. The summed E-state index contributed by atoms with van der Waals surface area (Å²) in [5.41, 5.74) is 5.58. The van der Waals surface area contributed by atoms with E-state index in [1.165, 1.54) is 47.8 Å².